The molecule has 0 aliphatic heterocycles. The van der Waals surface area contributed by atoms with Crippen molar-refractivity contribution in [2.75, 3.05) is 11.9 Å². The second-order valence-electron chi connectivity index (χ2n) is 4.99. The van der Waals surface area contributed by atoms with Gasteiger partial charge in [-0.3, -0.25) is 4.98 Å². The SMILES string of the molecule is CC(C)c1ncc(NCCc2cccnc2)c(C(=O)O)n1. The largest absolute Gasteiger partial charge is 0.476 e. The Morgan fingerprint density at radius 1 is 1.38 bits per heavy atom. The molecule has 0 atom stereocenters. The number of nitrogens with one attached hydrogen (secondary N) is 1. The monoisotopic (exact) mass is 286 g/mol. The molecule has 2 aromatic heterocycles. The first kappa shape index (κ1) is 14.9. The van der Waals surface area contributed by atoms with Crippen LogP contribution in [-0.2, 0) is 6.42 Å². The van der Waals surface area contributed by atoms with Gasteiger partial charge < -0.3 is 10.4 Å². The van der Waals surface area contributed by atoms with E-state index in [4.69, 9.17) is 0 Å². The van der Waals surface area contributed by atoms with Gasteiger partial charge in [0.15, 0.2) is 5.69 Å². The van der Waals surface area contributed by atoms with Crippen LogP contribution < -0.4 is 5.32 Å². The zero-order valence-corrected chi connectivity index (χ0v) is 12.1. The number of hydrogen-bond donors (Lipinski definition) is 2. The van der Waals surface area contributed by atoms with Crippen molar-refractivity contribution in [1.29, 1.82) is 0 Å². The molecule has 2 heterocycles. The summed E-state index contributed by atoms with van der Waals surface area (Å²) >= 11 is 0. The molecule has 21 heavy (non-hydrogen) atoms. The smallest absolute Gasteiger partial charge is 0.356 e. The summed E-state index contributed by atoms with van der Waals surface area (Å²) in [4.78, 5) is 23.6. The molecule has 0 saturated heterocycles. The lowest BCUT2D eigenvalue weighted by atomic mass is 10.2. The number of hydrogen-bond acceptors (Lipinski definition) is 5. The number of rotatable bonds is 6. The van der Waals surface area contributed by atoms with Gasteiger partial charge in [0, 0.05) is 24.9 Å². The molecule has 2 N–H and O–H groups in total. The standard InChI is InChI=1S/C15H18N4O2/c1-10(2)14-18-9-12(13(19-14)15(20)21)17-7-5-11-4-3-6-16-8-11/h3-4,6,8-10,17H,5,7H2,1-2H3,(H,20,21). The van der Waals surface area contributed by atoms with Gasteiger partial charge >= 0.3 is 5.97 Å². The number of carboxylic acids is 1. The minimum atomic E-state index is -1.05. The summed E-state index contributed by atoms with van der Waals surface area (Å²) < 4.78 is 0. The highest BCUT2D eigenvalue weighted by Crippen LogP contribution is 2.16. The molecule has 0 spiro atoms. The van der Waals surface area contributed by atoms with E-state index in [9.17, 15) is 9.90 Å². The van der Waals surface area contributed by atoms with Crippen molar-refractivity contribution >= 4 is 11.7 Å². The minimum absolute atomic E-state index is 0.0138. The van der Waals surface area contributed by atoms with Crippen molar-refractivity contribution in [3.8, 4) is 0 Å². The van der Waals surface area contributed by atoms with Crippen LogP contribution in [0.15, 0.2) is 30.7 Å². The quantitative estimate of drug-likeness (QED) is 0.847. The highest BCUT2D eigenvalue weighted by Gasteiger charge is 2.15. The Labute approximate surface area is 123 Å². The summed E-state index contributed by atoms with van der Waals surface area (Å²) in [5, 5.41) is 12.3. The van der Waals surface area contributed by atoms with Gasteiger partial charge in [0.25, 0.3) is 0 Å². The van der Waals surface area contributed by atoms with E-state index < -0.39 is 5.97 Å². The summed E-state index contributed by atoms with van der Waals surface area (Å²) in [6, 6.07) is 3.85. The Bertz CT molecular complexity index is 614. The lowest BCUT2D eigenvalue weighted by Crippen LogP contribution is -2.14. The fourth-order valence-corrected chi connectivity index (χ4v) is 1.85. The normalized spacial score (nSPS) is 10.6. The number of aromatic carboxylic acids is 1. The molecule has 2 rings (SSSR count). The van der Waals surface area contributed by atoms with Crippen LogP contribution in [0.5, 0.6) is 0 Å². The molecule has 0 saturated carbocycles. The van der Waals surface area contributed by atoms with E-state index in [0.717, 1.165) is 12.0 Å². The Morgan fingerprint density at radius 3 is 2.81 bits per heavy atom. The fourth-order valence-electron chi connectivity index (χ4n) is 1.85. The molecule has 0 aliphatic carbocycles. The number of carbonyl (C=O) groups is 1. The van der Waals surface area contributed by atoms with Gasteiger partial charge in [0.05, 0.1) is 11.9 Å². The lowest BCUT2D eigenvalue weighted by molar-refractivity contribution is 0.0691. The van der Waals surface area contributed by atoms with Gasteiger partial charge in [-0.15, -0.1) is 0 Å². The summed E-state index contributed by atoms with van der Waals surface area (Å²) in [5.74, 6) is -0.430. The van der Waals surface area contributed by atoms with Gasteiger partial charge in [0.1, 0.15) is 5.82 Å². The zero-order chi connectivity index (χ0) is 15.2. The molecular weight excluding hydrogens is 268 g/mol. The molecule has 6 heteroatoms. The van der Waals surface area contributed by atoms with Crippen molar-refractivity contribution in [1.82, 2.24) is 15.0 Å². The van der Waals surface area contributed by atoms with Crippen LogP contribution in [-0.4, -0.2) is 32.6 Å². The highest BCUT2D eigenvalue weighted by molar-refractivity contribution is 5.91. The van der Waals surface area contributed by atoms with E-state index in [1.807, 2.05) is 26.0 Å². The Morgan fingerprint density at radius 2 is 2.19 bits per heavy atom. The predicted molar refractivity (Wildman–Crippen MR) is 79.5 cm³/mol. The van der Waals surface area contributed by atoms with Crippen molar-refractivity contribution in [3.63, 3.8) is 0 Å². The van der Waals surface area contributed by atoms with E-state index in [1.165, 1.54) is 6.20 Å². The maximum absolute atomic E-state index is 11.3. The molecule has 0 unspecified atom stereocenters. The first-order chi connectivity index (χ1) is 10.1. The van der Waals surface area contributed by atoms with E-state index >= 15 is 0 Å². The second-order valence-corrected chi connectivity index (χ2v) is 4.99. The second kappa shape index (κ2) is 6.78. The fraction of sp³-hybridized carbons (Fsp3) is 0.333. The number of carboxylic acid groups (broad SMARTS) is 1. The summed E-state index contributed by atoms with van der Waals surface area (Å²) in [6.45, 7) is 4.45. The maximum atomic E-state index is 11.3. The Hall–Kier alpha value is -2.50. The van der Waals surface area contributed by atoms with E-state index in [-0.39, 0.29) is 11.6 Å². The van der Waals surface area contributed by atoms with Crippen LogP contribution in [0.25, 0.3) is 0 Å². The van der Waals surface area contributed by atoms with Gasteiger partial charge in [0.2, 0.25) is 0 Å². The third-order valence-corrected chi connectivity index (χ3v) is 2.98. The predicted octanol–water partition coefficient (Wildman–Crippen LogP) is 2.35. The number of pyridine rings is 1. The lowest BCUT2D eigenvalue weighted by Gasteiger charge is -2.11. The van der Waals surface area contributed by atoms with E-state index in [0.29, 0.717) is 18.1 Å². The molecule has 0 amide bonds. The minimum Gasteiger partial charge on any atom is -0.476 e. The van der Waals surface area contributed by atoms with Crippen LogP contribution in [0.3, 0.4) is 0 Å². The van der Waals surface area contributed by atoms with Gasteiger partial charge in [-0.25, -0.2) is 14.8 Å². The molecule has 0 bridgehead atoms. The summed E-state index contributed by atoms with van der Waals surface area (Å²) in [6.07, 6.45) is 5.80. The summed E-state index contributed by atoms with van der Waals surface area (Å²) in [5.41, 5.74) is 1.54. The first-order valence-corrected chi connectivity index (χ1v) is 6.81. The van der Waals surface area contributed by atoms with Crippen LogP contribution in [0.1, 0.15) is 41.6 Å². The average Bonchev–Trinajstić information content (AvgIpc) is 2.48. The zero-order valence-electron chi connectivity index (χ0n) is 12.1. The van der Waals surface area contributed by atoms with Crippen molar-refractivity contribution in [3.05, 3.63) is 47.8 Å². The van der Waals surface area contributed by atoms with Gasteiger partial charge in [-0.05, 0) is 18.1 Å². The molecule has 0 aromatic carbocycles. The molecule has 2 aromatic rings. The Kier molecular flexibility index (Phi) is 4.81. The van der Waals surface area contributed by atoms with Crippen LogP contribution in [0.2, 0.25) is 0 Å². The topological polar surface area (TPSA) is 88.0 Å². The van der Waals surface area contributed by atoms with E-state index in [2.05, 4.69) is 20.3 Å². The van der Waals surface area contributed by atoms with Crippen LogP contribution in [0.4, 0.5) is 5.69 Å². The van der Waals surface area contributed by atoms with Gasteiger partial charge in [-0.1, -0.05) is 19.9 Å². The van der Waals surface area contributed by atoms with Crippen LogP contribution in [0, 0.1) is 0 Å². The molecule has 0 radical (unpaired) electrons. The highest BCUT2D eigenvalue weighted by atomic mass is 16.4. The molecule has 6 nitrogen and oxygen atoms in total. The van der Waals surface area contributed by atoms with Crippen molar-refractivity contribution in [2.24, 2.45) is 0 Å². The molecule has 110 valence electrons. The molecule has 0 fully saturated rings. The van der Waals surface area contributed by atoms with E-state index in [1.54, 1.807) is 12.4 Å². The van der Waals surface area contributed by atoms with Gasteiger partial charge in [-0.2, -0.15) is 0 Å². The maximum Gasteiger partial charge on any atom is 0.356 e. The van der Waals surface area contributed by atoms with Crippen LogP contribution >= 0.6 is 0 Å². The molecular formula is C15H18N4O2. The average molecular weight is 286 g/mol. The summed E-state index contributed by atoms with van der Waals surface area (Å²) in [7, 11) is 0. The van der Waals surface area contributed by atoms with Crippen molar-refractivity contribution < 1.29 is 9.90 Å². The third kappa shape index (κ3) is 3.98. The Balaban J connectivity index is 2.07. The first-order valence-electron chi connectivity index (χ1n) is 6.81. The molecule has 0 aliphatic rings. The third-order valence-electron chi connectivity index (χ3n) is 2.98. The number of nitrogens with zero attached hydrogens (tertiary/aromatic N) is 3. The number of aromatic nitrogens is 3. The van der Waals surface area contributed by atoms with Crippen molar-refractivity contribution in [2.45, 2.75) is 26.2 Å². The number of anilines is 1.